The van der Waals surface area contributed by atoms with E-state index in [1.165, 1.54) is 0 Å². The number of carboxylic acids is 1. The number of benzene rings is 1. The Morgan fingerprint density at radius 1 is 1.43 bits per heavy atom. The van der Waals surface area contributed by atoms with Crippen molar-refractivity contribution in [3.63, 3.8) is 0 Å². The fraction of sp³-hybridized carbons (Fsp3) is 0.250. The van der Waals surface area contributed by atoms with Crippen LogP contribution in [0.15, 0.2) is 30.3 Å². The first-order valence-electron chi connectivity index (χ1n) is 6.60. The maximum absolute atomic E-state index is 10.7. The molecule has 2 aromatic rings. The zero-order valence-corrected chi connectivity index (χ0v) is 12.3. The van der Waals surface area contributed by atoms with E-state index in [9.17, 15) is 4.79 Å². The van der Waals surface area contributed by atoms with Crippen molar-refractivity contribution in [1.29, 1.82) is 0 Å². The number of aliphatic carboxylic acids is 1. The summed E-state index contributed by atoms with van der Waals surface area (Å²) in [5.74, 6) is -0.293. The van der Waals surface area contributed by atoms with Gasteiger partial charge in [-0.3, -0.25) is 4.68 Å². The number of aromatic nitrogens is 2. The van der Waals surface area contributed by atoms with E-state index in [4.69, 9.17) is 9.84 Å². The van der Waals surface area contributed by atoms with Crippen molar-refractivity contribution in [3.8, 4) is 5.75 Å². The monoisotopic (exact) mass is 286 g/mol. The summed E-state index contributed by atoms with van der Waals surface area (Å²) in [4.78, 5) is 10.7. The van der Waals surface area contributed by atoms with Crippen molar-refractivity contribution in [2.24, 2.45) is 7.05 Å². The molecule has 0 aliphatic rings. The molecule has 2 rings (SSSR count). The molecule has 0 radical (unpaired) electrons. The number of hydrogen-bond donors (Lipinski definition) is 1. The summed E-state index contributed by atoms with van der Waals surface area (Å²) in [6.07, 6.45) is 2.65. The largest absolute Gasteiger partial charge is 0.486 e. The number of ether oxygens (including phenoxy) is 1. The quantitative estimate of drug-likeness (QED) is 0.858. The van der Waals surface area contributed by atoms with Crippen LogP contribution >= 0.6 is 0 Å². The zero-order valence-electron chi connectivity index (χ0n) is 12.3. The highest BCUT2D eigenvalue weighted by Crippen LogP contribution is 2.25. The van der Waals surface area contributed by atoms with Crippen LogP contribution in [-0.2, 0) is 18.4 Å². The number of aryl methyl sites for hydroxylation is 3. The van der Waals surface area contributed by atoms with Gasteiger partial charge in [0, 0.05) is 18.7 Å². The van der Waals surface area contributed by atoms with Crippen molar-refractivity contribution in [3.05, 3.63) is 52.9 Å². The summed E-state index contributed by atoms with van der Waals surface area (Å²) in [7, 11) is 1.87. The van der Waals surface area contributed by atoms with Crippen LogP contribution in [0.2, 0.25) is 0 Å². The van der Waals surface area contributed by atoms with E-state index in [2.05, 4.69) is 5.10 Å². The first kappa shape index (κ1) is 14.8. The number of hydrogen-bond acceptors (Lipinski definition) is 3. The maximum atomic E-state index is 10.7. The third kappa shape index (κ3) is 3.72. The van der Waals surface area contributed by atoms with Gasteiger partial charge in [-0.2, -0.15) is 5.10 Å². The highest BCUT2D eigenvalue weighted by molar-refractivity contribution is 5.86. The Bertz CT molecular complexity index is 687. The van der Waals surface area contributed by atoms with E-state index in [0.29, 0.717) is 12.4 Å². The first-order chi connectivity index (χ1) is 9.97. The van der Waals surface area contributed by atoms with Gasteiger partial charge in [0.1, 0.15) is 12.4 Å². The van der Waals surface area contributed by atoms with Crippen molar-refractivity contribution in [2.45, 2.75) is 20.5 Å². The van der Waals surface area contributed by atoms with Gasteiger partial charge in [0.2, 0.25) is 0 Å². The highest BCUT2D eigenvalue weighted by Gasteiger charge is 2.08. The SMILES string of the molecule is Cc1cc(COc2c(C)cccc2/C=C/C(=O)O)n(C)n1. The second-order valence-electron chi connectivity index (χ2n) is 4.85. The van der Waals surface area contributed by atoms with Gasteiger partial charge in [0.25, 0.3) is 0 Å². The Morgan fingerprint density at radius 2 is 2.19 bits per heavy atom. The molecule has 0 bridgehead atoms. The molecule has 1 N–H and O–H groups in total. The number of carbonyl (C=O) groups is 1. The molecule has 1 aromatic carbocycles. The summed E-state index contributed by atoms with van der Waals surface area (Å²) < 4.78 is 7.65. The molecule has 0 aliphatic carbocycles. The fourth-order valence-corrected chi connectivity index (χ4v) is 2.11. The molecule has 21 heavy (non-hydrogen) atoms. The topological polar surface area (TPSA) is 64.3 Å². The van der Waals surface area contributed by atoms with Crippen molar-refractivity contribution in [2.75, 3.05) is 0 Å². The maximum Gasteiger partial charge on any atom is 0.328 e. The van der Waals surface area contributed by atoms with Crippen molar-refractivity contribution >= 4 is 12.0 Å². The number of carboxylic acid groups (broad SMARTS) is 1. The minimum atomic E-state index is -0.982. The van der Waals surface area contributed by atoms with E-state index in [1.54, 1.807) is 10.8 Å². The molecule has 0 spiro atoms. The molecule has 1 heterocycles. The summed E-state index contributed by atoms with van der Waals surface area (Å²) >= 11 is 0. The van der Waals surface area contributed by atoms with Crippen molar-refractivity contribution < 1.29 is 14.6 Å². The normalized spacial score (nSPS) is 11.0. The van der Waals surface area contributed by atoms with Gasteiger partial charge >= 0.3 is 5.97 Å². The predicted octanol–water partition coefficient (Wildman–Crippen LogP) is 2.71. The zero-order chi connectivity index (χ0) is 15.4. The van der Waals surface area contributed by atoms with Crippen LogP contribution < -0.4 is 4.74 Å². The van der Waals surface area contributed by atoms with Crippen LogP contribution in [0, 0.1) is 13.8 Å². The van der Waals surface area contributed by atoms with Gasteiger partial charge in [0.05, 0.1) is 11.4 Å². The van der Waals surface area contributed by atoms with Crippen LogP contribution in [0.4, 0.5) is 0 Å². The van der Waals surface area contributed by atoms with Crippen molar-refractivity contribution in [1.82, 2.24) is 9.78 Å². The van der Waals surface area contributed by atoms with Gasteiger partial charge in [0.15, 0.2) is 0 Å². The second-order valence-corrected chi connectivity index (χ2v) is 4.85. The molecule has 1 aromatic heterocycles. The van der Waals surface area contributed by atoms with Crippen LogP contribution in [0.3, 0.4) is 0 Å². The molecular formula is C16H18N2O3. The molecule has 110 valence electrons. The number of para-hydroxylation sites is 1. The summed E-state index contributed by atoms with van der Waals surface area (Å²) in [6, 6.07) is 7.60. The van der Waals surface area contributed by atoms with Crippen LogP contribution in [-0.4, -0.2) is 20.9 Å². The summed E-state index contributed by atoms with van der Waals surface area (Å²) in [6.45, 7) is 4.25. The third-order valence-corrected chi connectivity index (χ3v) is 3.11. The smallest absolute Gasteiger partial charge is 0.328 e. The predicted molar refractivity (Wildman–Crippen MR) is 80.1 cm³/mol. The minimum Gasteiger partial charge on any atom is -0.486 e. The highest BCUT2D eigenvalue weighted by atomic mass is 16.5. The Morgan fingerprint density at radius 3 is 2.81 bits per heavy atom. The second kappa shape index (κ2) is 6.26. The molecule has 0 fully saturated rings. The van der Waals surface area contributed by atoms with E-state index in [-0.39, 0.29) is 0 Å². The van der Waals surface area contributed by atoms with E-state index < -0.39 is 5.97 Å². The van der Waals surface area contributed by atoms with Gasteiger partial charge in [-0.05, 0) is 31.6 Å². The minimum absolute atomic E-state index is 0.385. The Balaban J connectivity index is 2.22. The van der Waals surface area contributed by atoms with Gasteiger partial charge in [-0.25, -0.2) is 4.79 Å². The van der Waals surface area contributed by atoms with Crippen LogP contribution in [0.1, 0.15) is 22.5 Å². The molecule has 0 atom stereocenters. The summed E-state index contributed by atoms with van der Waals surface area (Å²) in [5.41, 5.74) is 3.61. The van der Waals surface area contributed by atoms with Crippen LogP contribution in [0.5, 0.6) is 5.75 Å². The average molecular weight is 286 g/mol. The molecule has 0 saturated carbocycles. The van der Waals surface area contributed by atoms with E-state index in [1.807, 2.05) is 45.2 Å². The molecule has 0 amide bonds. The number of rotatable bonds is 5. The van der Waals surface area contributed by atoms with E-state index >= 15 is 0 Å². The molecule has 0 saturated heterocycles. The lowest BCUT2D eigenvalue weighted by molar-refractivity contribution is -0.131. The van der Waals surface area contributed by atoms with Gasteiger partial charge < -0.3 is 9.84 Å². The Hall–Kier alpha value is -2.56. The van der Waals surface area contributed by atoms with Gasteiger partial charge in [-0.1, -0.05) is 18.2 Å². The molecule has 5 heteroatoms. The lowest BCUT2D eigenvalue weighted by Crippen LogP contribution is -2.04. The third-order valence-electron chi connectivity index (χ3n) is 3.11. The van der Waals surface area contributed by atoms with Gasteiger partial charge in [-0.15, -0.1) is 0 Å². The number of nitrogens with zero attached hydrogens (tertiary/aromatic N) is 2. The molecule has 0 aliphatic heterocycles. The van der Waals surface area contributed by atoms with Crippen LogP contribution in [0.25, 0.3) is 6.08 Å². The Labute approximate surface area is 123 Å². The lowest BCUT2D eigenvalue weighted by Gasteiger charge is -2.12. The Kier molecular flexibility index (Phi) is 4.42. The molecule has 5 nitrogen and oxygen atoms in total. The average Bonchev–Trinajstić information content (AvgIpc) is 2.73. The first-order valence-corrected chi connectivity index (χ1v) is 6.60. The standard InChI is InChI=1S/C16H18N2O3/c1-11-5-4-6-13(7-8-15(19)20)16(11)21-10-14-9-12(2)17-18(14)3/h4-9H,10H2,1-3H3,(H,19,20)/b8-7+. The fourth-order valence-electron chi connectivity index (χ4n) is 2.11. The molecular weight excluding hydrogens is 268 g/mol. The lowest BCUT2D eigenvalue weighted by atomic mass is 10.1. The van der Waals surface area contributed by atoms with E-state index in [0.717, 1.165) is 28.6 Å². The summed E-state index contributed by atoms with van der Waals surface area (Å²) in [5, 5.41) is 13.0. The molecule has 0 unspecified atom stereocenters.